The number of aromatic nitrogens is 2. The van der Waals surface area contributed by atoms with Crippen molar-refractivity contribution in [2.75, 3.05) is 0 Å². The molecule has 0 aliphatic rings. The molecule has 0 radical (unpaired) electrons. The maximum Gasteiger partial charge on any atom is 0.328 e. The third kappa shape index (κ3) is 5.77. The van der Waals surface area contributed by atoms with Gasteiger partial charge in [-0.3, -0.25) is 14.3 Å². The maximum absolute atomic E-state index is 12.0. The number of nitrogens with one attached hydrogen (secondary N) is 1. The molecule has 0 aliphatic carbocycles. The topological polar surface area (TPSA) is 116 Å². The Kier molecular flexibility index (Phi) is 7.47. The molecule has 4 N–H and O–H groups in total. The van der Waals surface area contributed by atoms with E-state index in [4.69, 9.17) is 5.11 Å². The normalized spacial score (nSPS) is 12.2. The zero-order chi connectivity index (χ0) is 18.9. The van der Waals surface area contributed by atoms with Gasteiger partial charge in [-0.15, -0.1) is 0 Å². The van der Waals surface area contributed by atoms with Crippen LogP contribution in [-0.2, 0) is 17.8 Å². The Morgan fingerprint density at radius 1 is 1.12 bits per heavy atom. The lowest BCUT2D eigenvalue weighted by atomic mass is 10.1. The van der Waals surface area contributed by atoms with E-state index in [0.717, 1.165) is 24.8 Å². The molecule has 1 aromatic carbocycles. The van der Waals surface area contributed by atoms with E-state index in [1.807, 2.05) is 30.3 Å². The van der Waals surface area contributed by atoms with Gasteiger partial charge in [-0.2, -0.15) is 0 Å². The van der Waals surface area contributed by atoms with Crippen molar-refractivity contribution in [2.45, 2.75) is 57.6 Å². The lowest BCUT2D eigenvalue weighted by Gasteiger charge is -2.12. The molecule has 2 rings (SSSR count). The van der Waals surface area contributed by atoms with Crippen LogP contribution in [0.25, 0.3) is 0 Å². The number of imidazole rings is 1. The lowest BCUT2D eigenvalue weighted by molar-refractivity contribution is -0.137. The van der Waals surface area contributed by atoms with E-state index in [-0.39, 0.29) is 18.0 Å². The average Bonchev–Trinajstić information content (AvgIpc) is 2.89. The van der Waals surface area contributed by atoms with Gasteiger partial charge in [-0.1, -0.05) is 43.2 Å². The Morgan fingerprint density at radius 2 is 1.81 bits per heavy atom. The minimum absolute atomic E-state index is 0.130. The SMILES string of the molecule is O=C(O)CCCCCCc1c(O)[nH]c(=O)n1CCC(O)c1ccccc1. The van der Waals surface area contributed by atoms with Crippen LogP contribution in [0.15, 0.2) is 35.1 Å². The number of carboxylic acids is 1. The van der Waals surface area contributed by atoms with E-state index in [1.54, 1.807) is 0 Å². The Bertz CT molecular complexity index is 751. The van der Waals surface area contributed by atoms with Crippen LogP contribution in [-0.4, -0.2) is 30.8 Å². The van der Waals surface area contributed by atoms with Crippen molar-refractivity contribution in [1.29, 1.82) is 0 Å². The molecule has 0 aliphatic heterocycles. The van der Waals surface area contributed by atoms with Gasteiger partial charge in [0.1, 0.15) is 0 Å². The molecular formula is C19H26N2O5. The van der Waals surface area contributed by atoms with E-state index >= 15 is 0 Å². The molecule has 7 heteroatoms. The minimum atomic E-state index is -0.793. The molecule has 142 valence electrons. The van der Waals surface area contributed by atoms with Gasteiger partial charge >= 0.3 is 11.7 Å². The summed E-state index contributed by atoms with van der Waals surface area (Å²) in [6, 6.07) is 9.24. The quantitative estimate of drug-likeness (QED) is 0.459. The summed E-state index contributed by atoms with van der Waals surface area (Å²) in [4.78, 5) is 24.9. The molecule has 7 nitrogen and oxygen atoms in total. The fraction of sp³-hybridized carbons (Fsp3) is 0.474. The van der Waals surface area contributed by atoms with Crippen molar-refractivity contribution >= 4 is 5.97 Å². The fourth-order valence-corrected chi connectivity index (χ4v) is 3.00. The molecule has 0 saturated carbocycles. The maximum atomic E-state index is 12.0. The Labute approximate surface area is 151 Å². The molecule has 0 saturated heterocycles. The molecule has 1 atom stereocenters. The van der Waals surface area contributed by atoms with Gasteiger partial charge in [0.2, 0.25) is 5.88 Å². The Morgan fingerprint density at radius 3 is 2.50 bits per heavy atom. The number of benzene rings is 1. The second-order valence-corrected chi connectivity index (χ2v) is 6.40. The van der Waals surface area contributed by atoms with Crippen LogP contribution in [0.2, 0.25) is 0 Å². The summed E-state index contributed by atoms with van der Waals surface area (Å²) < 4.78 is 1.47. The molecule has 0 bridgehead atoms. The standard InChI is InChI=1S/C19H26N2O5/c22-16(14-8-4-3-5-9-14)12-13-21-15(18(25)20-19(21)26)10-6-1-2-7-11-17(23)24/h3-5,8-9,16,22,25H,1-2,6-7,10-13H2,(H,20,26)(H,23,24). The van der Waals surface area contributed by atoms with Crippen LogP contribution in [0.4, 0.5) is 0 Å². The predicted octanol–water partition coefficient (Wildman–Crippen LogP) is 2.58. The second-order valence-electron chi connectivity index (χ2n) is 6.40. The van der Waals surface area contributed by atoms with Gasteiger partial charge < -0.3 is 15.3 Å². The number of carbonyl (C=O) groups is 1. The number of carboxylic acid groups (broad SMARTS) is 1. The van der Waals surface area contributed by atoms with Gasteiger partial charge in [0.05, 0.1) is 11.8 Å². The number of aliphatic hydroxyl groups is 1. The van der Waals surface area contributed by atoms with E-state index in [1.165, 1.54) is 4.57 Å². The number of hydrogen-bond acceptors (Lipinski definition) is 4. The predicted molar refractivity (Wildman–Crippen MR) is 97.2 cm³/mol. The van der Waals surface area contributed by atoms with E-state index in [0.29, 0.717) is 31.5 Å². The molecular weight excluding hydrogens is 336 g/mol. The zero-order valence-electron chi connectivity index (χ0n) is 14.7. The monoisotopic (exact) mass is 362 g/mol. The first-order valence-electron chi connectivity index (χ1n) is 8.94. The summed E-state index contributed by atoms with van der Waals surface area (Å²) in [6.07, 6.45) is 3.40. The number of aromatic hydroxyl groups is 1. The third-order valence-electron chi connectivity index (χ3n) is 4.43. The van der Waals surface area contributed by atoms with Crippen LogP contribution < -0.4 is 5.69 Å². The van der Waals surface area contributed by atoms with Crippen LogP contribution in [0.3, 0.4) is 0 Å². The van der Waals surface area contributed by atoms with E-state index in [9.17, 15) is 19.8 Å². The van der Waals surface area contributed by atoms with Gasteiger partial charge in [0, 0.05) is 13.0 Å². The van der Waals surface area contributed by atoms with Gasteiger partial charge in [-0.05, 0) is 31.2 Å². The van der Waals surface area contributed by atoms with Crippen molar-refractivity contribution in [2.24, 2.45) is 0 Å². The number of rotatable bonds is 11. The van der Waals surface area contributed by atoms with Gasteiger partial charge in [-0.25, -0.2) is 4.79 Å². The number of aliphatic carboxylic acids is 1. The highest BCUT2D eigenvalue weighted by atomic mass is 16.4. The van der Waals surface area contributed by atoms with E-state index < -0.39 is 12.1 Å². The number of aliphatic hydroxyl groups excluding tert-OH is 1. The number of unbranched alkanes of at least 4 members (excludes halogenated alkanes) is 3. The van der Waals surface area contributed by atoms with Crippen molar-refractivity contribution in [3.05, 3.63) is 52.1 Å². The summed E-state index contributed by atoms with van der Waals surface area (Å²) in [5, 5.41) is 28.8. The molecule has 0 fully saturated rings. The number of hydrogen-bond donors (Lipinski definition) is 4. The second kappa shape index (κ2) is 9.82. The largest absolute Gasteiger partial charge is 0.493 e. The van der Waals surface area contributed by atoms with Crippen molar-refractivity contribution in [3.63, 3.8) is 0 Å². The summed E-state index contributed by atoms with van der Waals surface area (Å²) >= 11 is 0. The molecule has 0 spiro atoms. The summed E-state index contributed by atoms with van der Waals surface area (Å²) in [5.41, 5.74) is 0.942. The summed E-state index contributed by atoms with van der Waals surface area (Å²) in [5.74, 6) is -0.922. The van der Waals surface area contributed by atoms with Crippen LogP contribution in [0.1, 0.15) is 55.9 Å². The smallest absolute Gasteiger partial charge is 0.328 e. The van der Waals surface area contributed by atoms with Crippen LogP contribution in [0, 0.1) is 0 Å². The first kappa shape index (κ1) is 19.8. The van der Waals surface area contributed by atoms with Crippen LogP contribution >= 0.6 is 0 Å². The highest BCUT2D eigenvalue weighted by Crippen LogP contribution is 2.20. The Balaban J connectivity index is 1.88. The Hall–Kier alpha value is -2.54. The lowest BCUT2D eigenvalue weighted by Crippen LogP contribution is -2.20. The summed E-state index contributed by atoms with van der Waals surface area (Å²) in [7, 11) is 0. The van der Waals surface area contributed by atoms with Crippen molar-refractivity contribution < 1.29 is 20.1 Å². The van der Waals surface area contributed by atoms with Crippen molar-refractivity contribution in [3.8, 4) is 5.88 Å². The third-order valence-corrected chi connectivity index (χ3v) is 4.43. The summed E-state index contributed by atoms with van der Waals surface area (Å²) in [6.45, 7) is 0.306. The molecule has 2 aromatic rings. The first-order valence-corrected chi connectivity index (χ1v) is 8.94. The highest BCUT2D eigenvalue weighted by Gasteiger charge is 2.15. The minimum Gasteiger partial charge on any atom is -0.493 e. The number of H-pyrrole nitrogens is 1. The molecule has 1 aromatic heterocycles. The molecule has 26 heavy (non-hydrogen) atoms. The molecule has 1 unspecified atom stereocenters. The van der Waals surface area contributed by atoms with Gasteiger partial charge in [0.15, 0.2) is 0 Å². The zero-order valence-corrected chi connectivity index (χ0v) is 14.7. The average molecular weight is 362 g/mol. The van der Waals surface area contributed by atoms with Gasteiger partial charge in [0.25, 0.3) is 0 Å². The van der Waals surface area contributed by atoms with Crippen molar-refractivity contribution in [1.82, 2.24) is 9.55 Å². The highest BCUT2D eigenvalue weighted by molar-refractivity contribution is 5.66. The first-order chi connectivity index (χ1) is 12.5. The van der Waals surface area contributed by atoms with Crippen LogP contribution in [0.5, 0.6) is 5.88 Å². The number of nitrogens with zero attached hydrogens (tertiary/aromatic N) is 1. The molecule has 1 heterocycles. The van der Waals surface area contributed by atoms with E-state index in [2.05, 4.69) is 4.98 Å². The number of aromatic amines is 1. The molecule has 0 amide bonds. The fourth-order valence-electron chi connectivity index (χ4n) is 3.00.